The Balaban J connectivity index is 2.00. The maximum atomic E-state index is 13.1. The van der Waals surface area contributed by atoms with Crippen molar-refractivity contribution in [3.63, 3.8) is 0 Å². The van der Waals surface area contributed by atoms with Crippen molar-refractivity contribution >= 4 is 15.9 Å². The minimum atomic E-state index is -5.99. The van der Waals surface area contributed by atoms with Crippen LogP contribution < -0.4 is 8.92 Å². The van der Waals surface area contributed by atoms with E-state index in [0.29, 0.717) is 12.1 Å². The molecule has 30 heavy (non-hydrogen) atoms. The number of nitrogens with zero attached hydrogens (tertiary/aromatic N) is 1. The fourth-order valence-electron chi connectivity index (χ4n) is 5.49. The van der Waals surface area contributed by atoms with Crippen LogP contribution in [0.1, 0.15) is 36.8 Å². The van der Waals surface area contributed by atoms with E-state index in [-0.39, 0.29) is 55.2 Å². The monoisotopic (exact) mass is 449 g/mol. The number of alkyl halides is 3. The molecule has 3 atom stereocenters. The van der Waals surface area contributed by atoms with Crippen LogP contribution >= 0.6 is 0 Å². The number of carbonyl (C=O) groups excluding carboxylic acids is 1. The molecule has 0 amide bonds. The van der Waals surface area contributed by atoms with E-state index in [4.69, 9.17) is 4.74 Å². The van der Waals surface area contributed by atoms with Crippen LogP contribution in [-0.4, -0.2) is 62.1 Å². The number of ketones is 1. The summed E-state index contributed by atoms with van der Waals surface area (Å²) in [6.45, 7) is 0.488. The first-order valence-corrected chi connectivity index (χ1v) is 10.9. The van der Waals surface area contributed by atoms with Crippen LogP contribution in [0.2, 0.25) is 0 Å². The van der Waals surface area contributed by atoms with Crippen molar-refractivity contribution in [3.05, 3.63) is 23.3 Å². The molecule has 4 rings (SSSR count). The Labute approximate surface area is 171 Å². The predicted molar refractivity (Wildman–Crippen MR) is 98.8 cm³/mol. The van der Waals surface area contributed by atoms with Gasteiger partial charge < -0.3 is 18.9 Å². The highest BCUT2D eigenvalue weighted by Gasteiger charge is 2.65. The number of benzene rings is 1. The number of halogens is 3. The van der Waals surface area contributed by atoms with Crippen LogP contribution in [0, 0.1) is 0 Å². The number of likely N-dealkylation sites (tertiary alicyclic amines) is 1. The van der Waals surface area contributed by atoms with Crippen molar-refractivity contribution in [2.24, 2.45) is 0 Å². The number of fused-ring (bicyclic) bond motifs is 1. The van der Waals surface area contributed by atoms with Crippen LogP contribution in [0.3, 0.4) is 0 Å². The van der Waals surface area contributed by atoms with Crippen LogP contribution in [0.15, 0.2) is 12.1 Å². The van der Waals surface area contributed by atoms with Gasteiger partial charge in [0.25, 0.3) is 0 Å². The SMILES string of the molecule is COc1ccc2c(c1OS(=O)(=O)C(F)(F)F)[C@]13CCN(C)[C@H](C2)[C@]1(O)CCC(=O)C3. The van der Waals surface area contributed by atoms with Gasteiger partial charge in [0.05, 0.1) is 12.7 Å². The lowest BCUT2D eigenvalue weighted by Gasteiger charge is -2.62. The minimum absolute atomic E-state index is 0.101. The summed E-state index contributed by atoms with van der Waals surface area (Å²) in [7, 11) is -2.95. The molecule has 0 spiro atoms. The number of piperidine rings is 1. The van der Waals surface area contributed by atoms with Gasteiger partial charge in [-0.05, 0) is 44.5 Å². The highest BCUT2D eigenvalue weighted by Crippen LogP contribution is 2.60. The molecule has 1 N–H and O–H groups in total. The summed E-state index contributed by atoms with van der Waals surface area (Å²) in [5.41, 5.74) is -7.62. The van der Waals surface area contributed by atoms with Crippen molar-refractivity contribution in [2.45, 2.75) is 54.7 Å². The number of hydrogen-bond acceptors (Lipinski definition) is 7. The molecule has 0 radical (unpaired) electrons. The van der Waals surface area contributed by atoms with Crippen LogP contribution in [-0.2, 0) is 26.7 Å². The zero-order valence-corrected chi connectivity index (χ0v) is 17.3. The first kappa shape index (κ1) is 21.4. The molecule has 2 bridgehead atoms. The lowest BCUT2D eigenvalue weighted by molar-refractivity contribution is -0.169. The Hall–Kier alpha value is -1.85. The van der Waals surface area contributed by atoms with Crippen LogP contribution in [0.5, 0.6) is 11.5 Å². The number of likely N-dealkylation sites (N-methyl/N-ethyl adjacent to an activating group) is 1. The molecule has 166 valence electrons. The number of Topliss-reactive ketones (excluding diaryl/α,β-unsaturated/α-hetero) is 1. The second-order valence-corrected chi connectivity index (χ2v) is 9.82. The zero-order valence-electron chi connectivity index (χ0n) is 16.5. The fourth-order valence-corrected chi connectivity index (χ4v) is 5.97. The number of methoxy groups -OCH3 is 1. The first-order chi connectivity index (χ1) is 13.9. The Morgan fingerprint density at radius 3 is 2.60 bits per heavy atom. The Morgan fingerprint density at radius 1 is 1.27 bits per heavy atom. The second kappa shape index (κ2) is 6.57. The van der Waals surface area contributed by atoms with Gasteiger partial charge >= 0.3 is 15.6 Å². The Kier molecular flexibility index (Phi) is 4.68. The molecule has 1 saturated heterocycles. The molecular formula is C19H22F3NO6S. The summed E-state index contributed by atoms with van der Waals surface area (Å²) >= 11 is 0. The predicted octanol–water partition coefficient (Wildman–Crippen LogP) is 1.91. The van der Waals surface area contributed by atoms with Gasteiger partial charge in [-0.15, -0.1) is 0 Å². The molecule has 1 aromatic rings. The van der Waals surface area contributed by atoms with E-state index in [2.05, 4.69) is 4.18 Å². The quantitative estimate of drug-likeness (QED) is 0.557. The van der Waals surface area contributed by atoms with Gasteiger partial charge in [0.2, 0.25) is 0 Å². The molecule has 0 unspecified atom stereocenters. The van der Waals surface area contributed by atoms with Gasteiger partial charge in [0.15, 0.2) is 11.5 Å². The highest BCUT2D eigenvalue weighted by atomic mass is 32.2. The smallest absolute Gasteiger partial charge is 0.493 e. The van der Waals surface area contributed by atoms with E-state index < -0.39 is 32.4 Å². The van der Waals surface area contributed by atoms with Gasteiger partial charge in [-0.1, -0.05) is 6.07 Å². The van der Waals surface area contributed by atoms with Gasteiger partial charge in [-0.3, -0.25) is 4.79 Å². The normalized spacial score (nSPS) is 31.7. The van der Waals surface area contributed by atoms with Gasteiger partial charge in [0, 0.05) is 29.9 Å². The van der Waals surface area contributed by atoms with Crippen molar-refractivity contribution in [2.75, 3.05) is 20.7 Å². The number of rotatable bonds is 3. The third kappa shape index (κ3) is 2.78. The number of carbonyl (C=O) groups is 1. The van der Waals surface area contributed by atoms with Crippen LogP contribution in [0.25, 0.3) is 0 Å². The molecule has 3 aliphatic rings. The lowest BCUT2D eigenvalue weighted by atomic mass is 9.49. The number of hydrogen-bond donors (Lipinski definition) is 1. The largest absolute Gasteiger partial charge is 0.534 e. The summed E-state index contributed by atoms with van der Waals surface area (Å²) in [5, 5.41) is 11.8. The van der Waals surface area contributed by atoms with Crippen molar-refractivity contribution in [1.29, 1.82) is 0 Å². The summed E-state index contributed by atoms with van der Waals surface area (Å²) in [6, 6.07) is 2.63. The first-order valence-electron chi connectivity index (χ1n) is 9.52. The molecular weight excluding hydrogens is 427 g/mol. The average molecular weight is 449 g/mol. The molecule has 1 heterocycles. The second-order valence-electron chi connectivity index (χ2n) is 8.29. The molecule has 2 fully saturated rings. The number of aliphatic hydroxyl groups is 1. The maximum Gasteiger partial charge on any atom is 0.534 e. The van der Waals surface area contributed by atoms with Gasteiger partial charge in [-0.2, -0.15) is 21.6 Å². The molecule has 2 aliphatic carbocycles. The van der Waals surface area contributed by atoms with E-state index >= 15 is 0 Å². The molecule has 0 aromatic heterocycles. The Bertz CT molecular complexity index is 1010. The van der Waals surface area contributed by atoms with Crippen molar-refractivity contribution in [1.82, 2.24) is 4.90 Å². The van der Waals surface area contributed by atoms with Crippen LogP contribution in [0.4, 0.5) is 13.2 Å². The molecule has 1 saturated carbocycles. The van der Waals surface area contributed by atoms with Crippen molar-refractivity contribution < 1.29 is 40.4 Å². The third-order valence-corrected chi connectivity index (χ3v) is 7.84. The summed E-state index contributed by atoms with van der Waals surface area (Å²) in [5.74, 6) is -0.930. The topological polar surface area (TPSA) is 93.1 Å². The molecule has 1 aromatic carbocycles. The molecule has 7 nitrogen and oxygen atoms in total. The lowest BCUT2D eigenvalue weighted by Crippen LogP contribution is -2.72. The van der Waals surface area contributed by atoms with Gasteiger partial charge in [-0.25, -0.2) is 0 Å². The van der Waals surface area contributed by atoms with Gasteiger partial charge in [0.1, 0.15) is 5.78 Å². The zero-order chi connectivity index (χ0) is 22.1. The van der Waals surface area contributed by atoms with E-state index in [0.717, 1.165) is 0 Å². The molecule has 11 heteroatoms. The Morgan fingerprint density at radius 2 is 1.97 bits per heavy atom. The summed E-state index contributed by atoms with van der Waals surface area (Å²) in [6.07, 6.45) is 0.744. The van der Waals surface area contributed by atoms with Crippen molar-refractivity contribution in [3.8, 4) is 11.5 Å². The minimum Gasteiger partial charge on any atom is -0.493 e. The van der Waals surface area contributed by atoms with E-state index in [9.17, 15) is 31.5 Å². The highest BCUT2D eigenvalue weighted by molar-refractivity contribution is 7.88. The number of ether oxygens (including phenoxy) is 1. The summed E-state index contributed by atoms with van der Waals surface area (Å²) in [4.78, 5) is 14.4. The van der Waals surface area contributed by atoms with E-state index in [1.807, 2.05) is 11.9 Å². The third-order valence-electron chi connectivity index (χ3n) is 6.88. The average Bonchev–Trinajstić information content (AvgIpc) is 2.64. The maximum absolute atomic E-state index is 13.1. The standard InChI is InChI=1S/C19H22F3NO6S/c1-23-8-7-17-10-12(24)5-6-18(17,25)14(23)9-11-3-4-13(28-2)16(15(11)17)29-30(26,27)19(20,21)22/h3-4,14,25H,5-10H2,1-2H3/t14-,17-,18-/m1/s1. The summed E-state index contributed by atoms with van der Waals surface area (Å²) < 4.78 is 72.8. The fraction of sp³-hybridized carbons (Fsp3) is 0.632. The van der Waals surface area contributed by atoms with E-state index in [1.54, 1.807) is 6.07 Å². The van der Waals surface area contributed by atoms with E-state index in [1.165, 1.54) is 13.2 Å². The molecule has 1 aliphatic heterocycles.